The van der Waals surface area contributed by atoms with Gasteiger partial charge in [0.05, 0.1) is 6.54 Å². The Kier molecular flexibility index (Phi) is 9.42. The summed E-state index contributed by atoms with van der Waals surface area (Å²) in [5, 5.41) is 5.10. The van der Waals surface area contributed by atoms with Crippen LogP contribution in [0, 0.1) is 0 Å². The van der Waals surface area contributed by atoms with E-state index >= 15 is 0 Å². The molecule has 1 aromatic rings. The molecule has 7 nitrogen and oxygen atoms in total. The molecule has 23 heavy (non-hydrogen) atoms. The number of nitrogens with one attached hydrogen (secondary N) is 2. The zero-order chi connectivity index (χ0) is 16.9. The second-order valence-corrected chi connectivity index (χ2v) is 4.81. The summed E-state index contributed by atoms with van der Waals surface area (Å²) in [5.41, 5.74) is 0.887. The summed E-state index contributed by atoms with van der Waals surface area (Å²) in [5.74, 6) is -0.270. The number of hydrogen-bond donors (Lipinski definition) is 2. The third kappa shape index (κ3) is 8.80. The van der Waals surface area contributed by atoms with Crippen molar-refractivity contribution in [3.8, 4) is 0 Å². The van der Waals surface area contributed by atoms with Gasteiger partial charge in [0.25, 0.3) is 0 Å². The van der Waals surface area contributed by atoms with E-state index in [4.69, 9.17) is 14.2 Å². The van der Waals surface area contributed by atoms with Gasteiger partial charge in [-0.15, -0.1) is 0 Å². The molecule has 2 amide bonds. The Morgan fingerprint density at radius 2 is 1.78 bits per heavy atom. The van der Waals surface area contributed by atoms with E-state index in [9.17, 15) is 9.59 Å². The largest absolute Gasteiger partial charge is 0.445 e. The van der Waals surface area contributed by atoms with Crippen molar-refractivity contribution in [1.29, 1.82) is 0 Å². The number of benzene rings is 1. The molecule has 0 atom stereocenters. The maximum Gasteiger partial charge on any atom is 0.407 e. The molecular formula is C16H24N2O5. The van der Waals surface area contributed by atoms with Crippen molar-refractivity contribution in [2.24, 2.45) is 0 Å². The summed E-state index contributed by atoms with van der Waals surface area (Å²) in [7, 11) is 3.13. The normalized spacial score (nSPS) is 10.4. The molecule has 0 fully saturated rings. The Morgan fingerprint density at radius 3 is 2.43 bits per heavy atom. The second-order valence-electron chi connectivity index (χ2n) is 4.81. The van der Waals surface area contributed by atoms with Crippen LogP contribution in [0.4, 0.5) is 4.79 Å². The molecule has 0 aliphatic rings. The fourth-order valence-electron chi connectivity index (χ4n) is 1.82. The number of carbonyl (C=O) groups excluding carboxylic acids is 2. The zero-order valence-corrected chi connectivity index (χ0v) is 13.5. The lowest BCUT2D eigenvalue weighted by Crippen LogP contribution is -2.37. The van der Waals surface area contributed by atoms with Gasteiger partial charge in [-0.2, -0.15) is 0 Å². The lowest BCUT2D eigenvalue weighted by Gasteiger charge is -2.13. The summed E-state index contributed by atoms with van der Waals surface area (Å²) in [6, 6.07) is 9.32. The Hall–Kier alpha value is -2.12. The molecule has 0 aromatic heterocycles. The van der Waals surface area contributed by atoms with Gasteiger partial charge in [0.15, 0.2) is 6.29 Å². The molecule has 1 rings (SSSR count). The van der Waals surface area contributed by atoms with Gasteiger partial charge in [0, 0.05) is 27.2 Å². The van der Waals surface area contributed by atoms with Crippen LogP contribution in [0.5, 0.6) is 0 Å². The van der Waals surface area contributed by atoms with Gasteiger partial charge in [-0.1, -0.05) is 30.3 Å². The fraction of sp³-hybridized carbons (Fsp3) is 0.500. The summed E-state index contributed by atoms with van der Waals surface area (Å²) in [4.78, 5) is 23.0. The SMILES string of the molecule is COC(CCCNC(=O)CNC(=O)OCc1ccccc1)OC. The molecule has 2 N–H and O–H groups in total. The Balaban J connectivity index is 2.07. The van der Waals surface area contributed by atoms with Gasteiger partial charge >= 0.3 is 6.09 Å². The van der Waals surface area contributed by atoms with Crippen LogP contribution in [-0.4, -0.2) is 45.6 Å². The molecule has 0 saturated carbocycles. The summed E-state index contributed by atoms with van der Waals surface area (Å²) in [6.07, 6.45) is 0.511. The molecule has 0 bridgehead atoms. The lowest BCUT2D eigenvalue weighted by atomic mass is 10.2. The molecule has 7 heteroatoms. The lowest BCUT2D eigenvalue weighted by molar-refractivity contribution is -0.120. The molecule has 0 heterocycles. The van der Waals surface area contributed by atoms with Gasteiger partial charge in [-0.3, -0.25) is 4.79 Å². The van der Waals surface area contributed by atoms with Crippen molar-refractivity contribution in [3.05, 3.63) is 35.9 Å². The molecule has 0 spiro atoms. The van der Waals surface area contributed by atoms with E-state index in [1.54, 1.807) is 14.2 Å². The van der Waals surface area contributed by atoms with E-state index in [1.807, 2.05) is 30.3 Å². The number of ether oxygens (including phenoxy) is 3. The highest BCUT2D eigenvalue weighted by Gasteiger charge is 2.07. The maximum atomic E-state index is 11.6. The highest BCUT2D eigenvalue weighted by Crippen LogP contribution is 2.01. The van der Waals surface area contributed by atoms with E-state index in [0.717, 1.165) is 12.0 Å². The van der Waals surface area contributed by atoms with Crippen LogP contribution in [0.3, 0.4) is 0 Å². The quantitative estimate of drug-likeness (QED) is 0.502. The topological polar surface area (TPSA) is 85.9 Å². The molecule has 1 aromatic carbocycles. The minimum absolute atomic E-state index is 0.119. The minimum atomic E-state index is -0.622. The van der Waals surface area contributed by atoms with E-state index < -0.39 is 6.09 Å². The summed E-state index contributed by atoms with van der Waals surface area (Å²) >= 11 is 0. The van der Waals surface area contributed by atoms with Crippen molar-refractivity contribution in [1.82, 2.24) is 10.6 Å². The third-order valence-electron chi connectivity index (χ3n) is 3.07. The van der Waals surface area contributed by atoms with Crippen molar-refractivity contribution >= 4 is 12.0 Å². The Labute approximate surface area is 136 Å². The highest BCUT2D eigenvalue weighted by atomic mass is 16.7. The number of carbonyl (C=O) groups is 2. The monoisotopic (exact) mass is 324 g/mol. The average Bonchev–Trinajstić information content (AvgIpc) is 2.59. The number of methoxy groups -OCH3 is 2. The van der Waals surface area contributed by atoms with Crippen molar-refractivity contribution < 1.29 is 23.8 Å². The number of hydrogen-bond acceptors (Lipinski definition) is 5. The molecule has 0 saturated heterocycles. The minimum Gasteiger partial charge on any atom is -0.445 e. The van der Waals surface area contributed by atoms with Gasteiger partial charge in [-0.05, 0) is 12.0 Å². The Bertz CT molecular complexity index is 463. The second kappa shape index (κ2) is 11.4. The molecule has 0 aliphatic carbocycles. The Morgan fingerprint density at radius 1 is 1.09 bits per heavy atom. The van der Waals surface area contributed by atoms with E-state index in [-0.39, 0.29) is 25.3 Å². The number of amides is 2. The van der Waals surface area contributed by atoms with Crippen molar-refractivity contribution in [2.45, 2.75) is 25.7 Å². The average molecular weight is 324 g/mol. The third-order valence-corrected chi connectivity index (χ3v) is 3.07. The summed E-state index contributed by atoms with van der Waals surface area (Å²) < 4.78 is 15.1. The molecule has 0 radical (unpaired) electrons. The zero-order valence-electron chi connectivity index (χ0n) is 13.5. The fourth-order valence-corrected chi connectivity index (χ4v) is 1.82. The first-order valence-electron chi connectivity index (χ1n) is 7.42. The van der Waals surface area contributed by atoms with Crippen LogP contribution < -0.4 is 10.6 Å². The van der Waals surface area contributed by atoms with Gasteiger partial charge in [0.2, 0.25) is 5.91 Å². The van der Waals surface area contributed by atoms with Gasteiger partial charge in [0.1, 0.15) is 6.61 Å². The number of rotatable bonds is 10. The molecule has 128 valence electrons. The molecular weight excluding hydrogens is 300 g/mol. The summed E-state index contributed by atoms with van der Waals surface area (Å²) in [6.45, 7) is 0.540. The van der Waals surface area contributed by atoms with Crippen molar-refractivity contribution in [3.63, 3.8) is 0 Å². The van der Waals surface area contributed by atoms with E-state index in [1.165, 1.54) is 0 Å². The van der Waals surface area contributed by atoms with Crippen LogP contribution in [0.25, 0.3) is 0 Å². The van der Waals surface area contributed by atoms with Crippen LogP contribution >= 0.6 is 0 Å². The van der Waals surface area contributed by atoms with Gasteiger partial charge in [-0.25, -0.2) is 4.79 Å². The van der Waals surface area contributed by atoms with E-state index in [2.05, 4.69) is 10.6 Å². The first-order chi connectivity index (χ1) is 11.2. The number of alkyl carbamates (subject to hydrolysis) is 1. The highest BCUT2D eigenvalue weighted by molar-refractivity contribution is 5.82. The first-order valence-corrected chi connectivity index (χ1v) is 7.42. The first kappa shape index (κ1) is 18.9. The van der Waals surface area contributed by atoms with E-state index in [0.29, 0.717) is 13.0 Å². The van der Waals surface area contributed by atoms with Crippen molar-refractivity contribution in [2.75, 3.05) is 27.3 Å². The predicted molar refractivity (Wildman–Crippen MR) is 84.7 cm³/mol. The van der Waals surface area contributed by atoms with Gasteiger partial charge < -0.3 is 24.8 Å². The standard InChI is InChI=1S/C16H24N2O5/c1-21-15(22-2)9-6-10-17-14(19)11-18-16(20)23-12-13-7-4-3-5-8-13/h3-5,7-8,15H,6,9-12H2,1-2H3,(H,17,19)(H,18,20). The molecule has 0 aliphatic heterocycles. The van der Waals surface area contributed by atoms with Crippen LogP contribution in [0.15, 0.2) is 30.3 Å². The smallest absolute Gasteiger partial charge is 0.407 e. The maximum absolute atomic E-state index is 11.6. The van der Waals surface area contributed by atoms with Crippen LogP contribution in [-0.2, 0) is 25.6 Å². The predicted octanol–water partition coefficient (Wildman–Crippen LogP) is 1.43. The van der Waals surface area contributed by atoms with Crippen LogP contribution in [0.2, 0.25) is 0 Å². The molecule has 0 unspecified atom stereocenters. The van der Waals surface area contributed by atoms with Crippen LogP contribution in [0.1, 0.15) is 18.4 Å².